The van der Waals surface area contributed by atoms with Crippen LogP contribution in [-0.2, 0) is 13.2 Å². The van der Waals surface area contributed by atoms with E-state index in [2.05, 4.69) is 10.6 Å². The Kier molecular flexibility index (Phi) is 7.28. The molecule has 0 saturated carbocycles. The maximum atomic E-state index is 13.2. The third-order valence-electron chi connectivity index (χ3n) is 5.93. The standard InChI is InChI=1S/C31H26N2O3S/c1-21-14-16-24(17-15-21)30(34)33-25-11-7-10-23(18-25)19-32-31(35)29-28(26-12-5-6-13-27(26)37-29)36-20-22-8-3-2-4-9-22/h2-18H,19-20H2,1H3,(H,32,35)(H,33,34). The van der Waals surface area contributed by atoms with Gasteiger partial charge in [0, 0.05) is 27.9 Å². The van der Waals surface area contributed by atoms with Gasteiger partial charge in [0.2, 0.25) is 0 Å². The molecule has 0 radical (unpaired) electrons. The molecule has 5 aromatic rings. The van der Waals surface area contributed by atoms with Crippen LogP contribution in [0.25, 0.3) is 10.1 Å². The largest absolute Gasteiger partial charge is 0.487 e. The maximum absolute atomic E-state index is 13.2. The highest BCUT2D eigenvalue weighted by Gasteiger charge is 2.20. The zero-order chi connectivity index (χ0) is 25.6. The second-order valence-electron chi connectivity index (χ2n) is 8.73. The zero-order valence-electron chi connectivity index (χ0n) is 20.4. The van der Waals surface area contributed by atoms with Crippen molar-refractivity contribution >= 4 is 38.9 Å². The van der Waals surface area contributed by atoms with Gasteiger partial charge in [0.15, 0.2) is 5.75 Å². The number of hydrogen-bond acceptors (Lipinski definition) is 4. The van der Waals surface area contributed by atoms with E-state index in [9.17, 15) is 9.59 Å². The van der Waals surface area contributed by atoms with Gasteiger partial charge in [-0.25, -0.2) is 0 Å². The maximum Gasteiger partial charge on any atom is 0.265 e. The van der Waals surface area contributed by atoms with Crippen LogP contribution in [0.1, 0.15) is 36.7 Å². The molecular weight excluding hydrogens is 480 g/mol. The van der Waals surface area contributed by atoms with Crippen molar-refractivity contribution in [2.24, 2.45) is 0 Å². The van der Waals surface area contributed by atoms with Gasteiger partial charge in [0.25, 0.3) is 11.8 Å². The van der Waals surface area contributed by atoms with E-state index in [0.717, 1.165) is 26.8 Å². The summed E-state index contributed by atoms with van der Waals surface area (Å²) in [5.74, 6) is 0.228. The number of hydrogen-bond donors (Lipinski definition) is 2. The molecule has 5 rings (SSSR count). The van der Waals surface area contributed by atoms with Crippen LogP contribution >= 0.6 is 11.3 Å². The molecular formula is C31H26N2O3S. The fraction of sp³-hybridized carbons (Fsp3) is 0.0968. The molecule has 0 unspecified atom stereocenters. The Bertz CT molecular complexity index is 1540. The summed E-state index contributed by atoms with van der Waals surface area (Å²) in [7, 11) is 0. The van der Waals surface area contributed by atoms with E-state index in [1.807, 2.05) is 97.9 Å². The quantitative estimate of drug-likeness (QED) is 0.239. The molecule has 0 fully saturated rings. The van der Waals surface area contributed by atoms with Crippen LogP contribution < -0.4 is 15.4 Å². The first kappa shape index (κ1) is 24.3. The van der Waals surface area contributed by atoms with Gasteiger partial charge in [0.1, 0.15) is 11.5 Å². The van der Waals surface area contributed by atoms with Gasteiger partial charge in [-0.15, -0.1) is 11.3 Å². The first-order chi connectivity index (χ1) is 18.1. The van der Waals surface area contributed by atoms with Crippen LogP contribution in [0.5, 0.6) is 5.75 Å². The van der Waals surface area contributed by atoms with Crippen molar-refractivity contribution in [2.45, 2.75) is 20.1 Å². The van der Waals surface area contributed by atoms with E-state index >= 15 is 0 Å². The van der Waals surface area contributed by atoms with E-state index in [-0.39, 0.29) is 11.8 Å². The number of amides is 2. The van der Waals surface area contributed by atoms with Crippen molar-refractivity contribution in [2.75, 3.05) is 5.32 Å². The van der Waals surface area contributed by atoms with E-state index < -0.39 is 0 Å². The van der Waals surface area contributed by atoms with Gasteiger partial charge < -0.3 is 15.4 Å². The van der Waals surface area contributed by atoms with Crippen molar-refractivity contribution < 1.29 is 14.3 Å². The molecule has 0 bridgehead atoms. The Balaban J connectivity index is 1.28. The molecule has 1 heterocycles. The van der Waals surface area contributed by atoms with Gasteiger partial charge in [0.05, 0.1) is 0 Å². The smallest absolute Gasteiger partial charge is 0.265 e. The molecule has 37 heavy (non-hydrogen) atoms. The Hall–Kier alpha value is -4.42. The Morgan fingerprint density at radius 2 is 1.51 bits per heavy atom. The SMILES string of the molecule is Cc1ccc(C(=O)Nc2cccc(CNC(=O)c3sc4ccccc4c3OCc3ccccc3)c2)cc1. The van der Waals surface area contributed by atoms with Gasteiger partial charge in [-0.05, 0) is 54.4 Å². The number of nitrogens with one attached hydrogen (secondary N) is 2. The zero-order valence-corrected chi connectivity index (χ0v) is 21.2. The number of ether oxygens (including phenoxy) is 1. The van der Waals surface area contributed by atoms with Crippen molar-refractivity contribution in [1.82, 2.24) is 5.32 Å². The summed E-state index contributed by atoms with van der Waals surface area (Å²) in [6.07, 6.45) is 0. The van der Waals surface area contributed by atoms with Crippen molar-refractivity contribution in [3.8, 4) is 5.75 Å². The first-order valence-electron chi connectivity index (χ1n) is 12.0. The van der Waals surface area contributed by atoms with E-state index in [4.69, 9.17) is 4.74 Å². The van der Waals surface area contributed by atoms with Gasteiger partial charge >= 0.3 is 0 Å². The fourth-order valence-electron chi connectivity index (χ4n) is 3.97. The van der Waals surface area contributed by atoms with Crippen LogP contribution in [0.3, 0.4) is 0 Å². The minimum Gasteiger partial charge on any atom is -0.487 e. The molecule has 0 atom stereocenters. The minimum absolute atomic E-state index is 0.174. The highest BCUT2D eigenvalue weighted by molar-refractivity contribution is 7.21. The van der Waals surface area contributed by atoms with Gasteiger partial charge in [-0.1, -0.05) is 72.3 Å². The van der Waals surface area contributed by atoms with E-state index in [0.29, 0.717) is 35.0 Å². The molecule has 1 aromatic heterocycles. The number of anilines is 1. The second-order valence-corrected chi connectivity index (χ2v) is 9.79. The average molecular weight is 507 g/mol. The molecule has 184 valence electrons. The lowest BCUT2D eigenvalue weighted by Crippen LogP contribution is -2.22. The number of fused-ring (bicyclic) bond motifs is 1. The first-order valence-corrected chi connectivity index (χ1v) is 12.8. The number of rotatable bonds is 8. The molecule has 4 aromatic carbocycles. The van der Waals surface area contributed by atoms with Gasteiger partial charge in [-0.2, -0.15) is 0 Å². The minimum atomic E-state index is -0.196. The molecule has 0 spiro atoms. The molecule has 6 heteroatoms. The molecule has 0 saturated heterocycles. The van der Waals surface area contributed by atoms with Crippen LogP contribution in [0.4, 0.5) is 5.69 Å². The molecule has 0 aliphatic heterocycles. The lowest BCUT2D eigenvalue weighted by atomic mass is 10.1. The molecule has 5 nitrogen and oxygen atoms in total. The monoisotopic (exact) mass is 506 g/mol. The Labute approximate surface area is 219 Å². The summed E-state index contributed by atoms with van der Waals surface area (Å²) in [5.41, 5.74) is 4.28. The summed E-state index contributed by atoms with van der Waals surface area (Å²) < 4.78 is 7.16. The summed E-state index contributed by atoms with van der Waals surface area (Å²) in [6.45, 7) is 2.68. The third kappa shape index (κ3) is 5.88. The second kappa shape index (κ2) is 11.1. The number of benzene rings is 4. The fourth-order valence-corrected chi connectivity index (χ4v) is 5.04. The number of thiophene rings is 1. The summed E-state index contributed by atoms with van der Waals surface area (Å²) >= 11 is 1.42. The van der Waals surface area contributed by atoms with E-state index in [1.165, 1.54) is 11.3 Å². The van der Waals surface area contributed by atoms with Crippen molar-refractivity contribution in [3.05, 3.63) is 130 Å². The van der Waals surface area contributed by atoms with Gasteiger partial charge in [-0.3, -0.25) is 9.59 Å². The highest BCUT2D eigenvalue weighted by Crippen LogP contribution is 2.38. The molecule has 2 amide bonds. The van der Waals surface area contributed by atoms with Crippen LogP contribution in [0.15, 0.2) is 103 Å². The van der Waals surface area contributed by atoms with Crippen LogP contribution in [0.2, 0.25) is 0 Å². The van der Waals surface area contributed by atoms with Crippen molar-refractivity contribution in [3.63, 3.8) is 0 Å². The van der Waals surface area contributed by atoms with Crippen molar-refractivity contribution in [1.29, 1.82) is 0 Å². The third-order valence-corrected chi connectivity index (χ3v) is 7.08. The number of carbonyl (C=O) groups is 2. The molecule has 0 aliphatic rings. The Morgan fingerprint density at radius 1 is 0.784 bits per heavy atom. The normalized spacial score (nSPS) is 10.7. The summed E-state index contributed by atoms with van der Waals surface area (Å²) in [6, 6.07) is 32.7. The molecule has 2 N–H and O–H groups in total. The average Bonchev–Trinajstić information content (AvgIpc) is 3.30. The summed E-state index contributed by atoms with van der Waals surface area (Å²) in [5, 5.41) is 6.86. The predicted molar refractivity (Wildman–Crippen MR) is 149 cm³/mol. The number of aryl methyl sites for hydroxylation is 1. The van der Waals surface area contributed by atoms with E-state index in [1.54, 1.807) is 12.1 Å². The van der Waals surface area contributed by atoms with Crippen LogP contribution in [0, 0.1) is 6.92 Å². The highest BCUT2D eigenvalue weighted by atomic mass is 32.1. The lowest BCUT2D eigenvalue weighted by molar-refractivity contribution is 0.0950. The number of carbonyl (C=O) groups excluding carboxylic acids is 2. The predicted octanol–water partition coefficient (Wildman–Crippen LogP) is 6.97. The topological polar surface area (TPSA) is 67.4 Å². The summed E-state index contributed by atoms with van der Waals surface area (Å²) in [4.78, 5) is 26.4. The molecule has 0 aliphatic carbocycles. The van der Waals surface area contributed by atoms with Crippen LogP contribution in [-0.4, -0.2) is 11.8 Å². The lowest BCUT2D eigenvalue weighted by Gasteiger charge is -2.10. The Morgan fingerprint density at radius 3 is 2.32 bits per heavy atom.